The van der Waals surface area contributed by atoms with Crippen LogP contribution in [0.3, 0.4) is 0 Å². The molecule has 0 aliphatic carbocycles. The lowest BCUT2D eigenvalue weighted by atomic mass is 10.4. The third-order valence-electron chi connectivity index (χ3n) is 1.94. The summed E-state index contributed by atoms with van der Waals surface area (Å²) in [6.45, 7) is 0.232. The molecule has 0 saturated carbocycles. The number of anilines is 1. The quantitative estimate of drug-likeness (QED) is 0.711. The van der Waals surface area contributed by atoms with Crippen molar-refractivity contribution >= 4 is 11.7 Å². The molecule has 2 aromatic heterocycles. The maximum absolute atomic E-state index is 11.6. The zero-order chi connectivity index (χ0) is 12.3. The van der Waals surface area contributed by atoms with Crippen molar-refractivity contribution in [3.05, 3.63) is 30.2 Å². The van der Waals surface area contributed by atoms with E-state index in [2.05, 4.69) is 25.4 Å². The van der Waals surface area contributed by atoms with Gasteiger partial charge in [-0.15, -0.1) is 0 Å². The van der Waals surface area contributed by atoms with Crippen LogP contribution >= 0.6 is 0 Å². The van der Waals surface area contributed by atoms with Crippen LogP contribution in [-0.4, -0.2) is 30.6 Å². The maximum Gasteiger partial charge on any atom is 0.271 e. The van der Waals surface area contributed by atoms with Crippen LogP contribution in [0.4, 0.5) is 5.82 Å². The zero-order valence-corrected chi connectivity index (χ0v) is 9.16. The predicted octanol–water partition coefficient (Wildman–Crippen LogP) is -0.883. The lowest BCUT2D eigenvalue weighted by molar-refractivity contribution is 0.0944. The first-order valence-corrected chi connectivity index (χ1v) is 4.85. The molecule has 0 spiro atoms. The molecule has 2 aromatic rings. The number of rotatable bonds is 3. The van der Waals surface area contributed by atoms with Crippen molar-refractivity contribution in [1.29, 1.82) is 0 Å². The fraction of sp³-hybridized carbons (Fsp3) is 0.222. The second kappa shape index (κ2) is 4.56. The van der Waals surface area contributed by atoms with Crippen molar-refractivity contribution in [3.63, 3.8) is 0 Å². The summed E-state index contributed by atoms with van der Waals surface area (Å²) >= 11 is 0. The van der Waals surface area contributed by atoms with E-state index < -0.39 is 0 Å². The van der Waals surface area contributed by atoms with E-state index in [1.54, 1.807) is 18.1 Å². The van der Waals surface area contributed by atoms with Gasteiger partial charge in [0.1, 0.15) is 17.8 Å². The van der Waals surface area contributed by atoms with Crippen molar-refractivity contribution in [3.8, 4) is 0 Å². The minimum absolute atomic E-state index is 0.168. The number of carbonyl (C=O) groups excluding carboxylic acids is 1. The van der Waals surface area contributed by atoms with Crippen LogP contribution < -0.4 is 11.1 Å². The number of nitrogen functional groups attached to an aromatic ring is 1. The first-order chi connectivity index (χ1) is 8.15. The Hall–Kier alpha value is -2.51. The second-order valence-corrected chi connectivity index (χ2v) is 3.35. The van der Waals surface area contributed by atoms with Gasteiger partial charge in [-0.3, -0.25) is 14.5 Å². The maximum atomic E-state index is 11.6. The molecule has 0 saturated heterocycles. The van der Waals surface area contributed by atoms with E-state index in [9.17, 15) is 4.79 Å². The fourth-order valence-corrected chi connectivity index (χ4v) is 1.21. The van der Waals surface area contributed by atoms with Crippen molar-refractivity contribution < 1.29 is 4.79 Å². The molecule has 8 nitrogen and oxygen atoms in total. The number of nitrogens with zero attached hydrogens (tertiary/aromatic N) is 5. The van der Waals surface area contributed by atoms with Crippen molar-refractivity contribution in [2.75, 3.05) is 5.73 Å². The second-order valence-electron chi connectivity index (χ2n) is 3.35. The largest absolute Gasteiger partial charge is 0.382 e. The first kappa shape index (κ1) is 11.0. The molecule has 2 heterocycles. The van der Waals surface area contributed by atoms with Gasteiger partial charge in [0.05, 0.1) is 18.9 Å². The van der Waals surface area contributed by atoms with Gasteiger partial charge in [0.15, 0.2) is 5.82 Å². The number of aryl methyl sites for hydroxylation is 1. The molecule has 0 unspecified atom stereocenters. The Balaban J connectivity index is 1.98. The Labute approximate surface area is 96.9 Å². The molecule has 0 aliphatic rings. The Kier molecular flexibility index (Phi) is 2.95. The van der Waals surface area contributed by atoms with Crippen molar-refractivity contribution in [1.82, 2.24) is 30.0 Å². The van der Waals surface area contributed by atoms with Gasteiger partial charge in [-0.25, -0.2) is 9.97 Å². The van der Waals surface area contributed by atoms with Crippen LogP contribution in [0.5, 0.6) is 0 Å². The minimum Gasteiger partial charge on any atom is -0.382 e. The molecule has 0 atom stereocenters. The molecular formula is C9H11N7O. The Morgan fingerprint density at radius 2 is 2.35 bits per heavy atom. The van der Waals surface area contributed by atoms with Crippen LogP contribution in [0, 0.1) is 0 Å². The Morgan fingerprint density at radius 1 is 1.53 bits per heavy atom. The van der Waals surface area contributed by atoms with E-state index in [0.717, 1.165) is 0 Å². The highest BCUT2D eigenvalue weighted by Gasteiger charge is 2.08. The zero-order valence-electron chi connectivity index (χ0n) is 9.16. The van der Waals surface area contributed by atoms with Crippen LogP contribution in [-0.2, 0) is 13.6 Å². The molecule has 0 radical (unpaired) electrons. The number of aromatic nitrogens is 5. The Morgan fingerprint density at radius 3 is 3.00 bits per heavy atom. The molecule has 0 aliphatic heterocycles. The molecule has 88 valence electrons. The van der Waals surface area contributed by atoms with Gasteiger partial charge in [-0.1, -0.05) is 0 Å². The SMILES string of the molecule is Cn1cnc(CNC(=O)c2cncc(N)n2)n1. The number of hydrogen-bond acceptors (Lipinski definition) is 6. The highest BCUT2D eigenvalue weighted by atomic mass is 16.1. The van der Waals surface area contributed by atoms with Crippen LogP contribution in [0.1, 0.15) is 16.3 Å². The number of nitrogens with one attached hydrogen (secondary N) is 1. The number of carbonyl (C=O) groups is 1. The third kappa shape index (κ3) is 2.74. The summed E-state index contributed by atoms with van der Waals surface area (Å²) < 4.78 is 1.56. The van der Waals surface area contributed by atoms with Crippen molar-refractivity contribution in [2.24, 2.45) is 7.05 Å². The highest BCUT2D eigenvalue weighted by Crippen LogP contribution is 1.97. The normalized spacial score (nSPS) is 10.2. The molecule has 0 bridgehead atoms. The molecular weight excluding hydrogens is 222 g/mol. The van der Waals surface area contributed by atoms with E-state index in [1.807, 2.05) is 0 Å². The number of nitrogens with two attached hydrogens (primary N) is 1. The van der Waals surface area contributed by atoms with Crippen LogP contribution in [0.25, 0.3) is 0 Å². The average molecular weight is 233 g/mol. The minimum atomic E-state index is -0.364. The summed E-state index contributed by atoms with van der Waals surface area (Å²) in [7, 11) is 1.75. The first-order valence-electron chi connectivity index (χ1n) is 4.85. The van der Waals surface area contributed by atoms with E-state index in [0.29, 0.717) is 5.82 Å². The van der Waals surface area contributed by atoms with Gasteiger partial charge in [-0.05, 0) is 0 Å². The van der Waals surface area contributed by atoms with Crippen LogP contribution in [0.15, 0.2) is 18.7 Å². The highest BCUT2D eigenvalue weighted by molar-refractivity contribution is 5.92. The third-order valence-corrected chi connectivity index (χ3v) is 1.94. The number of amides is 1. The smallest absolute Gasteiger partial charge is 0.271 e. The van der Waals surface area contributed by atoms with Gasteiger partial charge in [0.2, 0.25) is 0 Å². The fourth-order valence-electron chi connectivity index (χ4n) is 1.21. The lowest BCUT2D eigenvalue weighted by Crippen LogP contribution is -2.24. The van der Waals surface area contributed by atoms with E-state index >= 15 is 0 Å². The monoisotopic (exact) mass is 233 g/mol. The average Bonchev–Trinajstić information content (AvgIpc) is 2.72. The van der Waals surface area contributed by atoms with E-state index in [1.165, 1.54) is 12.4 Å². The summed E-state index contributed by atoms with van der Waals surface area (Å²) in [6.07, 6.45) is 4.27. The number of hydrogen-bond donors (Lipinski definition) is 2. The molecule has 0 fully saturated rings. The van der Waals surface area contributed by atoms with E-state index in [-0.39, 0.29) is 24.0 Å². The molecule has 2 rings (SSSR count). The Bertz CT molecular complexity index is 536. The molecule has 1 amide bonds. The van der Waals surface area contributed by atoms with Gasteiger partial charge in [0, 0.05) is 7.05 Å². The molecule has 0 aromatic carbocycles. The van der Waals surface area contributed by atoms with E-state index in [4.69, 9.17) is 5.73 Å². The van der Waals surface area contributed by atoms with Crippen molar-refractivity contribution in [2.45, 2.75) is 6.54 Å². The summed E-state index contributed by atoms with van der Waals surface area (Å²) in [5.74, 6) is 0.364. The summed E-state index contributed by atoms with van der Waals surface area (Å²) in [5.41, 5.74) is 5.59. The van der Waals surface area contributed by atoms with Gasteiger partial charge < -0.3 is 11.1 Å². The summed E-state index contributed by atoms with van der Waals surface area (Å²) in [6, 6.07) is 0. The summed E-state index contributed by atoms with van der Waals surface area (Å²) in [5, 5.41) is 6.64. The molecule has 3 N–H and O–H groups in total. The molecule has 8 heteroatoms. The topological polar surface area (TPSA) is 112 Å². The molecule has 17 heavy (non-hydrogen) atoms. The van der Waals surface area contributed by atoms with Gasteiger partial charge >= 0.3 is 0 Å². The predicted molar refractivity (Wildman–Crippen MR) is 58.6 cm³/mol. The van der Waals surface area contributed by atoms with Crippen LogP contribution in [0.2, 0.25) is 0 Å². The lowest BCUT2D eigenvalue weighted by Gasteiger charge is -2.01. The van der Waals surface area contributed by atoms with Gasteiger partial charge in [-0.2, -0.15) is 5.10 Å². The standard InChI is InChI=1S/C9H11N7O/c1-16-5-13-8(15-16)4-12-9(17)6-2-11-3-7(10)14-6/h2-3,5H,4H2,1H3,(H2,10,14)(H,12,17). The van der Waals surface area contributed by atoms with Gasteiger partial charge in [0.25, 0.3) is 5.91 Å². The summed E-state index contributed by atoms with van der Waals surface area (Å²) in [4.78, 5) is 23.2.